The molecule has 1 saturated heterocycles. The first-order valence-electron chi connectivity index (χ1n) is 7.46. The standard InChI is InChI=1S/C17H16Cl2N2OS/c18-14-4-3-5-15(19)13(14)11-23-16-7-6-12(10-20-16)17(22)21-8-1-2-9-21/h3-7,10H,1-2,8-9,11H2. The van der Waals surface area contributed by atoms with E-state index in [4.69, 9.17) is 23.2 Å². The van der Waals surface area contributed by atoms with E-state index in [1.54, 1.807) is 18.0 Å². The largest absolute Gasteiger partial charge is 0.339 e. The maximum absolute atomic E-state index is 12.3. The summed E-state index contributed by atoms with van der Waals surface area (Å²) >= 11 is 13.9. The zero-order chi connectivity index (χ0) is 16.2. The Kier molecular flexibility index (Phi) is 5.46. The van der Waals surface area contributed by atoms with Gasteiger partial charge < -0.3 is 4.90 Å². The molecular formula is C17H16Cl2N2OS. The van der Waals surface area contributed by atoms with Gasteiger partial charge in [0, 0.05) is 35.1 Å². The molecule has 0 saturated carbocycles. The third kappa shape index (κ3) is 4.00. The number of rotatable bonds is 4. The van der Waals surface area contributed by atoms with Gasteiger partial charge in [-0.05, 0) is 42.7 Å². The van der Waals surface area contributed by atoms with Crippen molar-refractivity contribution in [1.29, 1.82) is 0 Å². The fourth-order valence-electron chi connectivity index (χ4n) is 2.51. The summed E-state index contributed by atoms with van der Waals surface area (Å²) in [6.45, 7) is 1.70. The first kappa shape index (κ1) is 16.6. The molecule has 1 fully saturated rings. The van der Waals surface area contributed by atoms with Gasteiger partial charge in [-0.25, -0.2) is 4.98 Å². The Balaban J connectivity index is 1.64. The zero-order valence-electron chi connectivity index (χ0n) is 12.5. The molecule has 1 amide bonds. The highest BCUT2D eigenvalue weighted by Gasteiger charge is 2.19. The predicted molar refractivity (Wildman–Crippen MR) is 95.4 cm³/mol. The lowest BCUT2D eigenvalue weighted by Gasteiger charge is -2.14. The average molecular weight is 367 g/mol. The third-order valence-electron chi connectivity index (χ3n) is 3.80. The van der Waals surface area contributed by atoms with Crippen molar-refractivity contribution in [3.63, 3.8) is 0 Å². The summed E-state index contributed by atoms with van der Waals surface area (Å²) in [5.41, 5.74) is 1.55. The number of pyridine rings is 1. The number of hydrogen-bond acceptors (Lipinski definition) is 3. The molecule has 0 bridgehead atoms. The number of carbonyl (C=O) groups is 1. The normalized spacial score (nSPS) is 14.3. The highest BCUT2D eigenvalue weighted by Crippen LogP contribution is 2.30. The van der Waals surface area contributed by atoms with Crippen molar-refractivity contribution >= 4 is 40.9 Å². The highest BCUT2D eigenvalue weighted by atomic mass is 35.5. The lowest BCUT2D eigenvalue weighted by Crippen LogP contribution is -2.27. The first-order chi connectivity index (χ1) is 11.1. The minimum atomic E-state index is 0.0701. The number of amides is 1. The monoisotopic (exact) mass is 366 g/mol. The predicted octanol–water partition coefficient (Wildman–Crippen LogP) is 4.92. The average Bonchev–Trinajstić information content (AvgIpc) is 3.09. The van der Waals surface area contributed by atoms with Crippen molar-refractivity contribution in [3.8, 4) is 0 Å². The van der Waals surface area contributed by atoms with Crippen molar-refractivity contribution in [3.05, 3.63) is 57.7 Å². The van der Waals surface area contributed by atoms with Gasteiger partial charge in [0.25, 0.3) is 5.91 Å². The summed E-state index contributed by atoms with van der Waals surface area (Å²) in [6, 6.07) is 9.20. The number of thioether (sulfide) groups is 1. The van der Waals surface area contributed by atoms with Crippen LogP contribution in [0, 0.1) is 0 Å². The van der Waals surface area contributed by atoms with Gasteiger partial charge >= 0.3 is 0 Å². The SMILES string of the molecule is O=C(c1ccc(SCc2c(Cl)cccc2Cl)nc1)N1CCCC1. The van der Waals surface area contributed by atoms with Gasteiger partial charge in [0.05, 0.1) is 10.6 Å². The Morgan fingerprint density at radius 1 is 1.13 bits per heavy atom. The van der Waals surface area contributed by atoms with Crippen LogP contribution in [0.5, 0.6) is 0 Å². The molecule has 6 heteroatoms. The second-order valence-electron chi connectivity index (χ2n) is 5.37. The van der Waals surface area contributed by atoms with E-state index in [9.17, 15) is 4.79 Å². The Bertz CT molecular complexity index is 680. The molecule has 0 spiro atoms. The Morgan fingerprint density at radius 2 is 1.83 bits per heavy atom. The van der Waals surface area contributed by atoms with Gasteiger partial charge in [0.2, 0.25) is 0 Å². The van der Waals surface area contributed by atoms with Crippen LogP contribution in [-0.2, 0) is 5.75 Å². The lowest BCUT2D eigenvalue weighted by atomic mass is 10.2. The lowest BCUT2D eigenvalue weighted by molar-refractivity contribution is 0.0792. The van der Waals surface area contributed by atoms with Crippen LogP contribution in [-0.4, -0.2) is 28.9 Å². The van der Waals surface area contributed by atoms with E-state index < -0.39 is 0 Å². The Morgan fingerprint density at radius 3 is 2.43 bits per heavy atom. The minimum Gasteiger partial charge on any atom is -0.339 e. The number of benzene rings is 1. The van der Waals surface area contributed by atoms with E-state index in [1.165, 1.54) is 0 Å². The first-order valence-corrected chi connectivity index (χ1v) is 9.20. The smallest absolute Gasteiger partial charge is 0.255 e. The van der Waals surface area contributed by atoms with Crippen LogP contribution < -0.4 is 0 Å². The number of halogens is 2. The molecule has 2 aromatic rings. The molecule has 1 aliphatic rings. The molecular weight excluding hydrogens is 351 g/mol. The molecule has 3 nitrogen and oxygen atoms in total. The van der Waals surface area contributed by atoms with Crippen LogP contribution in [0.2, 0.25) is 10.0 Å². The van der Waals surface area contributed by atoms with Crippen molar-refractivity contribution in [2.45, 2.75) is 23.6 Å². The summed E-state index contributed by atoms with van der Waals surface area (Å²) in [4.78, 5) is 18.5. The maximum atomic E-state index is 12.3. The number of likely N-dealkylation sites (tertiary alicyclic amines) is 1. The fourth-order valence-corrected chi connectivity index (χ4v) is 4.10. The molecule has 120 valence electrons. The summed E-state index contributed by atoms with van der Waals surface area (Å²) in [5.74, 6) is 0.714. The number of hydrogen-bond donors (Lipinski definition) is 0. The van der Waals surface area contributed by atoms with E-state index in [-0.39, 0.29) is 5.91 Å². The van der Waals surface area contributed by atoms with Crippen molar-refractivity contribution < 1.29 is 4.79 Å². The van der Waals surface area contributed by atoms with Crippen LogP contribution in [0.15, 0.2) is 41.6 Å². The molecule has 1 aromatic heterocycles. The molecule has 3 rings (SSSR count). The van der Waals surface area contributed by atoms with Crippen LogP contribution in [0.25, 0.3) is 0 Å². The van der Waals surface area contributed by atoms with Gasteiger partial charge in [0.1, 0.15) is 0 Å². The molecule has 0 aliphatic carbocycles. The van der Waals surface area contributed by atoms with Gasteiger partial charge in [-0.1, -0.05) is 29.3 Å². The number of aromatic nitrogens is 1. The molecule has 0 radical (unpaired) electrons. The highest BCUT2D eigenvalue weighted by molar-refractivity contribution is 7.98. The van der Waals surface area contributed by atoms with E-state index in [1.807, 2.05) is 35.2 Å². The van der Waals surface area contributed by atoms with E-state index in [2.05, 4.69) is 4.98 Å². The van der Waals surface area contributed by atoms with Crippen molar-refractivity contribution in [2.24, 2.45) is 0 Å². The molecule has 0 unspecified atom stereocenters. The third-order valence-corrected chi connectivity index (χ3v) is 5.48. The van der Waals surface area contributed by atoms with Crippen molar-refractivity contribution in [1.82, 2.24) is 9.88 Å². The van der Waals surface area contributed by atoms with Crippen LogP contribution >= 0.6 is 35.0 Å². The van der Waals surface area contributed by atoms with Crippen molar-refractivity contribution in [2.75, 3.05) is 13.1 Å². The maximum Gasteiger partial charge on any atom is 0.255 e. The second-order valence-corrected chi connectivity index (χ2v) is 7.18. The molecule has 23 heavy (non-hydrogen) atoms. The fraction of sp³-hybridized carbons (Fsp3) is 0.294. The van der Waals surface area contributed by atoms with Gasteiger partial charge in [-0.3, -0.25) is 4.79 Å². The van der Waals surface area contributed by atoms with Gasteiger partial charge in [-0.2, -0.15) is 0 Å². The summed E-state index contributed by atoms with van der Waals surface area (Å²) in [7, 11) is 0. The summed E-state index contributed by atoms with van der Waals surface area (Å²) in [5, 5.41) is 2.16. The topological polar surface area (TPSA) is 33.2 Å². The second kappa shape index (κ2) is 7.56. The van der Waals surface area contributed by atoms with E-state index >= 15 is 0 Å². The summed E-state index contributed by atoms with van der Waals surface area (Å²) in [6.07, 6.45) is 3.83. The Labute approximate surface area is 150 Å². The Hall–Kier alpha value is -1.23. The van der Waals surface area contributed by atoms with E-state index in [0.717, 1.165) is 36.5 Å². The molecule has 0 N–H and O–H groups in total. The molecule has 1 aromatic carbocycles. The van der Waals surface area contributed by atoms with Crippen LogP contribution in [0.4, 0.5) is 0 Å². The number of carbonyl (C=O) groups excluding carboxylic acids is 1. The van der Waals surface area contributed by atoms with Gasteiger partial charge in [0.15, 0.2) is 0 Å². The molecule has 1 aliphatic heterocycles. The van der Waals surface area contributed by atoms with Gasteiger partial charge in [-0.15, -0.1) is 11.8 Å². The van der Waals surface area contributed by atoms with Crippen LogP contribution in [0.1, 0.15) is 28.8 Å². The number of nitrogens with zero attached hydrogens (tertiary/aromatic N) is 2. The van der Waals surface area contributed by atoms with E-state index in [0.29, 0.717) is 21.4 Å². The summed E-state index contributed by atoms with van der Waals surface area (Å²) < 4.78 is 0. The molecule has 0 atom stereocenters. The zero-order valence-corrected chi connectivity index (χ0v) is 14.8. The minimum absolute atomic E-state index is 0.0701. The quantitative estimate of drug-likeness (QED) is 0.720. The van der Waals surface area contributed by atoms with Crippen LogP contribution in [0.3, 0.4) is 0 Å². The molecule has 2 heterocycles.